The first-order chi connectivity index (χ1) is 10.3. The van der Waals surface area contributed by atoms with E-state index in [1.54, 1.807) is 0 Å². The highest BCUT2D eigenvalue weighted by molar-refractivity contribution is 5.79. The number of hydrogen-bond donors (Lipinski definition) is 0. The second-order valence-electron chi connectivity index (χ2n) is 6.42. The Morgan fingerprint density at radius 3 is 2.67 bits per heavy atom. The van der Waals surface area contributed by atoms with Gasteiger partial charge in [-0.3, -0.25) is 4.79 Å². The van der Waals surface area contributed by atoms with Crippen LogP contribution in [0.3, 0.4) is 0 Å². The summed E-state index contributed by atoms with van der Waals surface area (Å²) in [7, 11) is 0. The molecule has 1 amide bonds. The number of amides is 1. The Hall–Kier alpha value is -1.35. The topological polar surface area (TPSA) is 29.5 Å². The number of benzene rings is 1. The first-order valence-corrected chi connectivity index (χ1v) is 8.23. The second-order valence-corrected chi connectivity index (χ2v) is 6.42. The lowest BCUT2D eigenvalue weighted by molar-refractivity contribution is -0.134. The molecule has 1 atom stereocenters. The summed E-state index contributed by atoms with van der Waals surface area (Å²) >= 11 is 0. The molecule has 2 aliphatic rings. The van der Waals surface area contributed by atoms with E-state index in [2.05, 4.69) is 17.0 Å². The Balaban J connectivity index is 1.39. The van der Waals surface area contributed by atoms with E-state index >= 15 is 0 Å². The predicted octanol–water partition coefficient (Wildman–Crippen LogP) is 3.24. The fourth-order valence-corrected chi connectivity index (χ4v) is 3.52. The van der Waals surface area contributed by atoms with Crippen LogP contribution in [0.25, 0.3) is 0 Å². The fourth-order valence-electron chi connectivity index (χ4n) is 3.52. The Labute approximate surface area is 127 Å². The second kappa shape index (κ2) is 7.08. The minimum atomic E-state index is 0.314. The van der Waals surface area contributed by atoms with Crippen LogP contribution >= 0.6 is 0 Å². The quantitative estimate of drug-likeness (QED) is 0.832. The van der Waals surface area contributed by atoms with Gasteiger partial charge >= 0.3 is 0 Å². The Morgan fingerprint density at radius 1 is 1.14 bits per heavy atom. The summed E-state index contributed by atoms with van der Waals surface area (Å²) in [5, 5.41) is 0. The monoisotopic (exact) mass is 287 g/mol. The van der Waals surface area contributed by atoms with E-state index in [9.17, 15) is 4.79 Å². The molecule has 1 saturated carbocycles. The van der Waals surface area contributed by atoms with Crippen LogP contribution in [-0.2, 0) is 16.1 Å². The van der Waals surface area contributed by atoms with Gasteiger partial charge in [0.1, 0.15) is 0 Å². The summed E-state index contributed by atoms with van der Waals surface area (Å²) < 4.78 is 5.82. The smallest absolute Gasteiger partial charge is 0.225 e. The van der Waals surface area contributed by atoms with Gasteiger partial charge in [0, 0.05) is 24.9 Å². The number of carbonyl (C=O) groups is 1. The van der Waals surface area contributed by atoms with Crippen molar-refractivity contribution in [1.29, 1.82) is 0 Å². The lowest BCUT2D eigenvalue weighted by Gasteiger charge is -2.20. The van der Waals surface area contributed by atoms with E-state index in [1.807, 2.05) is 18.2 Å². The van der Waals surface area contributed by atoms with Crippen LogP contribution in [-0.4, -0.2) is 30.5 Å². The van der Waals surface area contributed by atoms with Gasteiger partial charge in [-0.25, -0.2) is 0 Å². The molecule has 1 aliphatic heterocycles. The van der Waals surface area contributed by atoms with Crippen LogP contribution in [0.5, 0.6) is 0 Å². The summed E-state index contributed by atoms with van der Waals surface area (Å²) in [6.45, 7) is 3.26. The molecule has 0 aromatic heterocycles. The average molecular weight is 287 g/mol. The van der Waals surface area contributed by atoms with E-state index in [4.69, 9.17) is 4.74 Å². The van der Waals surface area contributed by atoms with Gasteiger partial charge in [-0.1, -0.05) is 43.2 Å². The Bertz CT molecular complexity index is 454. The molecule has 1 heterocycles. The Kier molecular flexibility index (Phi) is 4.91. The van der Waals surface area contributed by atoms with Crippen molar-refractivity contribution in [3.8, 4) is 0 Å². The van der Waals surface area contributed by atoms with Crippen molar-refractivity contribution in [2.75, 3.05) is 19.7 Å². The van der Waals surface area contributed by atoms with Crippen LogP contribution < -0.4 is 0 Å². The first-order valence-electron chi connectivity index (χ1n) is 8.23. The van der Waals surface area contributed by atoms with Crippen molar-refractivity contribution in [2.45, 2.75) is 38.7 Å². The molecule has 0 bridgehead atoms. The van der Waals surface area contributed by atoms with Crippen LogP contribution in [0.1, 0.15) is 37.7 Å². The minimum Gasteiger partial charge on any atom is -0.376 e. The average Bonchev–Trinajstić information content (AvgIpc) is 3.19. The number of carbonyl (C=O) groups excluding carboxylic acids is 1. The van der Waals surface area contributed by atoms with Gasteiger partial charge in [0.25, 0.3) is 0 Å². The molecule has 1 aromatic carbocycles. The number of hydrogen-bond acceptors (Lipinski definition) is 2. The molecule has 114 valence electrons. The third-order valence-electron chi connectivity index (χ3n) is 4.77. The molecule has 2 fully saturated rings. The maximum Gasteiger partial charge on any atom is 0.225 e. The highest BCUT2D eigenvalue weighted by atomic mass is 16.5. The zero-order chi connectivity index (χ0) is 14.5. The lowest BCUT2D eigenvalue weighted by atomic mass is 10.1. The summed E-state index contributed by atoms with van der Waals surface area (Å²) in [6.07, 6.45) is 5.75. The molecular formula is C18H25NO2. The van der Waals surface area contributed by atoms with Crippen LogP contribution in [0, 0.1) is 11.8 Å². The molecule has 1 aliphatic carbocycles. The number of likely N-dealkylation sites (tertiary alicyclic amines) is 1. The third-order valence-corrected chi connectivity index (χ3v) is 4.77. The van der Waals surface area contributed by atoms with Gasteiger partial charge in [0.15, 0.2) is 0 Å². The van der Waals surface area contributed by atoms with E-state index in [-0.39, 0.29) is 0 Å². The molecule has 1 saturated heterocycles. The first kappa shape index (κ1) is 14.6. The van der Waals surface area contributed by atoms with Gasteiger partial charge in [-0.2, -0.15) is 0 Å². The molecule has 0 spiro atoms. The SMILES string of the molecule is O=C(C1CCCC1)N1CCC(COCc2ccccc2)C1. The van der Waals surface area contributed by atoms with Crippen LogP contribution in [0.4, 0.5) is 0 Å². The van der Waals surface area contributed by atoms with Gasteiger partial charge in [-0.05, 0) is 24.8 Å². The van der Waals surface area contributed by atoms with Gasteiger partial charge in [0.2, 0.25) is 5.91 Å². The largest absolute Gasteiger partial charge is 0.376 e. The Morgan fingerprint density at radius 2 is 1.90 bits per heavy atom. The minimum absolute atomic E-state index is 0.314. The standard InChI is InChI=1S/C18H25NO2/c20-18(17-8-4-5-9-17)19-11-10-16(12-19)14-21-13-15-6-2-1-3-7-15/h1-3,6-7,16-17H,4-5,8-14H2. The summed E-state index contributed by atoms with van der Waals surface area (Å²) in [4.78, 5) is 14.4. The molecule has 3 heteroatoms. The number of rotatable bonds is 5. The molecule has 0 N–H and O–H groups in total. The molecular weight excluding hydrogens is 262 g/mol. The fraction of sp³-hybridized carbons (Fsp3) is 0.611. The number of ether oxygens (including phenoxy) is 1. The molecule has 1 aromatic rings. The molecule has 3 rings (SSSR count). The van der Waals surface area contributed by atoms with Crippen LogP contribution in [0.2, 0.25) is 0 Å². The van der Waals surface area contributed by atoms with E-state index < -0.39 is 0 Å². The molecule has 3 nitrogen and oxygen atoms in total. The van der Waals surface area contributed by atoms with E-state index in [1.165, 1.54) is 18.4 Å². The number of nitrogens with zero attached hydrogens (tertiary/aromatic N) is 1. The highest BCUT2D eigenvalue weighted by Crippen LogP contribution is 2.28. The zero-order valence-electron chi connectivity index (χ0n) is 12.7. The van der Waals surface area contributed by atoms with Crippen molar-refractivity contribution in [2.24, 2.45) is 11.8 Å². The summed E-state index contributed by atoms with van der Waals surface area (Å²) in [5.74, 6) is 1.23. The summed E-state index contributed by atoms with van der Waals surface area (Å²) in [5.41, 5.74) is 1.22. The molecule has 1 unspecified atom stereocenters. The maximum absolute atomic E-state index is 12.4. The van der Waals surface area contributed by atoms with Crippen LogP contribution in [0.15, 0.2) is 30.3 Å². The van der Waals surface area contributed by atoms with E-state index in [0.717, 1.165) is 39.0 Å². The summed E-state index contributed by atoms with van der Waals surface area (Å²) in [6, 6.07) is 10.3. The maximum atomic E-state index is 12.4. The van der Waals surface area contributed by atoms with E-state index in [0.29, 0.717) is 24.3 Å². The lowest BCUT2D eigenvalue weighted by Crippen LogP contribution is -2.33. The van der Waals surface area contributed by atoms with Crippen molar-refractivity contribution in [3.63, 3.8) is 0 Å². The zero-order valence-corrected chi connectivity index (χ0v) is 12.7. The van der Waals surface area contributed by atoms with Gasteiger partial charge < -0.3 is 9.64 Å². The van der Waals surface area contributed by atoms with Crippen molar-refractivity contribution in [1.82, 2.24) is 4.90 Å². The van der Waals surface area contributed by atoms with Crippen molar-refractivity contribution in [3.05, 3.63) is 35.9 Å². The predicted molar refractivity (Wildman–Crippen MR) is 82.7 cm³/mol. The normalized spacial score (nSPS) is 22.9. The van der Waals surface area contributed by atoms with Gasteiger partial charge in [-0.15, -0.1) is 0 Å². The van der Waals surface area contributed by atoms with Crippen molar-refractivity contribution < 1.29 is 9.53 Å². The molecule has 0 radical (unpaired) electrons. The molecule has 21 heavy (non-hydrogen) atoms. The third kappa shape index (κ3) is 3.85. The van der Waals surface area contributed by atoms with Gasteiger partial charge in [0.05, 0.1) is 13.2 Å². The van der Waals surface area contributed by atoms with Crippen molar-refractivity contribution >= 4 is 5.91 Å². The highest BCUT2D eigenvalue weighted by Gasteiger charge is 2.32.